The molecule has 14 heteroatoms. The Balaban J connectivity index is 1.12. The average Bonchev–Trinajstić information content (AvgIpc) is 3.60. The number of nitrogens with one attached hydrogen (secondary N) is 4. The van der Waals surface area contributed by atoms with E-state index in [1.165, 1.54) is 6.42 Å². The van der Waals surface area contributed by atoms with E-state index >= 15 is 0 Å². The number of hydrogen-bond donors (Lipinski definition) is 5. The second-order valence-electron chi connectivity index (χ2n) is 14.9. The van der Waals surface area contributed by atoms with E-state index in [1.807, 2.05) is 54.5 Å². The van der Waals surface area contributed by atoms with Gasteiger partial charge in [-0.15, -0.1) is 0 Å². The zero-order valence-electron chi connectivity index (χ0n) is 31.1. The van der Waals surface area contributed by atoms with Crippen LogP contribution in [0.2, 0.25) is 0 Å². The van der Waals surface area contributed by atoms with Gasteiger partial charge in [-0.2, -0.15) is 0 Å². The zero-order chi connectivity index (χ0) is 37.4. The van der Waals surface area contributed by atoms with Crippen molar-refractivity contribution in [1.29, 1.82) is 10.8 Å². The molecule has 2 aromatic heterocycles. The second kappa shape index (κ2) is 17.3. The number of aromatic nitrogens is 3. The number of benzene rings is 1. The lowest BCUT2D eigenvalue weighted by Gasteiger charge is -2.33. The number of hydrogen-bond acceptors (Lipinski definition) is 9. The number of aliphatic imine (C=N–C) groups is 1. The molecule has 3 aromatic rings. The van der Waals surface area contributed by atoms with Crippen LogP contribution in [0.1, 0.15) is 95.4 Å². The lowest BCUT2D eigenvalue weighted by molar-refractivity contribution is -0.163. The molecule has 2 aliphatic heterocycles. The number of fused-ring (bicyclic) bond motifs is 1. The van der Waals surface area contributed by atoms with E-state index in [9.17, 15) is 4.79 Å². The zero-order valence-corrected chi connectivity index (χ0v) is 31.1. The minimum atomic E-state index is -0.413. The van der Waals surface area contributed by atoms with E-state index in [-0.39, 0.29) is 35.2 Å². The number of nitrogens with two attached hydrogens (primary N) is 1. The van der Waals surface area contributed by atoms with Gasteiger partial charge in [0.1, 0.15) is 23.2 Å². The van der Waals surface area contributed by atoms with Gasteiger partial charge in [-0.3, -0.25) is 20.7 Å². The fourth-order valence-corrected chi connectivity index (χ4v) is 6.73. The Morgan fingerprint density at radius 3 is 2.60 bits per heavy atom. The second-order valence-corrected chi connectivity index (χ2v) is 14.9. The van der Waals surface area contributed by atoms with Gasteiger partial charge in [0.05, 0.1) is 25.2 Å². The van der Waals surface area contributed by atoms with E-state index in [4.69, 9.17) is 30.8 Å². The summed E-state index contributed by atoms with van der Waals surface area (Å²) in [5.74, 6) is 1.59. The smallest absolute Gasteiger partial charge is 0.320 e. The lowest BCUT2D eigenvalue weighted by Crippen LogP contribution is -2.43. The maximum atomic E-state index is 13.6. The largest absolute Gasteiger partial charge is 0.484 e. The standard InChI is InChI=1S/C39H54N10O4/c1-39(2,3)32(40)23-34(45-35-25-47(26-43-35)20-22-52-36-13-7-10-21-51-36)46-38(50)44-30-15-16-31(29-12-6-5-11-28(29)30)53-27-14-17-33(41)49(24-27)37(42)48-18-8-4-9-19-48/h5-6,11-12,14,17,23-26,30-31,36,41-42H,4,7-10,13,15-16,18-22,40H2,1-3H3,(H2,44,45,46,50)/b32-23-,41-33?,42-37?. The first-order valence-electron chi connectivity index (χ1n) is 18.8. The highest BCUT2D eigenvalue weighted by atomic mass is 16.7. The van der Waals surface area contributed by atoms with E-state index in [2.05, 4.69) is 20.6 Å². The van der Waals surface area contributed by atoms with Gasteiger partial charge in [0, 0.05) is 49.6 Å². The van der Waals surface area contributed by atoms with Crippen LogP contribution in [-0.4, -0.2) is 69.4 Å². The van der Waals surface area contributed by atoms with E-state index in [0.717, 1.165) is 62.9 Å². The van der Waals surface area contributed by atoms with Gasteiger partial charge in [-0.05, 0) is 74.6 Å². The van der Waals surface area contributed by atoms with Crippen molar-refractivity contribution in [2.75, 3.05) is 26.3 Å². The molecule has 4 heterocycles. The first-order chi connectivity index (χ1) is 25.5. The van der Waals surface area contributed by atoms with Crippen molar-refractivity contribution in [1.82, 2.24) is 29.7 Å². The number of likely N-dealkylation sites (tertiary alicyclic amines) is 1. The molecule has 6 N–H and O–H groups in total. The van der Waals surface area contributed by atoms with Crippen LogP contribution in [0.3, 0.4) is 0 Å². The van der Waals surface area contributed by atoms with Crippen LogP contribution in [0, 0.1) is 16.2 Å². The van der Waals surface area contributed by atoms with Crippen molar-refractivity contribution in [2.45, 2.75) is 97.1 Å². The summed E-state index contributed by atoms with van der Waals surface area (Å²) in [6.07, 6.45) is 14.2. The number of nitrogens with zero attached hydrogens (tertiary/aromatic N) is 5. The molecule has 2 amide bonds. The number of piperidine rings is 1. The van der Waals surface area contributed by atoms with Crippen molar-refractivity contribution in [3.8, 4) is 5.75 Å². The maximum Gasteiger partial charge on any atom is 0.320 e. The highest BCUT2D eigenvalue weighted by Gasteiger charge is 2.30. The molecule has 2 fully saturated rings. The van der Waals surface area contributed by atoms with Crippen molar-refractivity contribution in [2.24, 2.45) is 16.1 Å². The summed E-state index contributed by atoms with van der Waals surface area (Å²) < 4.78 is 21.5. The monoisotopic (exact) mass is 726 g/mol. The van der Waals surface area contributed by atoms with Crippen LogP contribution < -0.4 is 26.6 Å². The molecular formula is C39H54N10O4. The number of allylic oxidation sites excluding steroid dienone is 1. The summed E-state index contributed by atoms with van der Waals surface area (Å²) in [7, 11) is 0. The summed E-state index contributed by atoms with van der Waals surface area (Å²) in [5, 5.41) is 23.3. The molecule has 3 atom stereocenters. The Hall–Kier alpha value is -4.95. The summed E-state index contributed by atoms with van der Waals surface area (Å²) in [6, 6.07) is 10.7. The van der Waals surface area contributed by atoms with Crippen molar-refractivity contribution < 1.29 is 19.0 Å². The fourth-order valence-electron chi connectivity index (χ4n) is 6.73. The Morgan fingerprint density at radius 1 is 1.06 bits per heavy atom. The molecule has 284 valence electrons. The van der Waals surface area contributed by atoms with Gasteiger partial charge in [0.25, 0.3) is 0 Å². The number of amides is 2. The van der Waals surface area contributed by atoms with Crippen molar-refractivity contribution in [3.63, 3.8) is 0 Å². The molecule has 0 bridgehead atoms. The molecule has 1 aliphatic carbocycles. The number of amidine groups is 1. The number of imidazole rings is 1. The predicted molar refractivity (Wildman–Crippen MR) is 203 cm³/mol. The molecule has 1 aromatic carbocycles. The quantitative estimate of drug-likeness (QED) is 0.136. The third-order valence-corrected chi connectivity index (χ3v) is 9.87. The first-order valence-corrected chi connectivity index (χ1v) is 18.8. The fraction of sp³-hybridized carbons (Fsp3) is 0.513. The predicted octanol–water partition coefficient (Wildman–Crippen LogP) is 5.85. The van der Waals surface area contributed by atoms with E-state index in [1.54, 1.807) is 41.5 Å². The van der Waals surface area contributed by atoms with Crippen molar-refractivity contribution >= 4 is 23.6 Å². The van der Waals surface area contributed by atoms with Crippen LogP contribution in [0.15, 0.2) is 71.9 Å². The number of pyridine rings is 1. The van der Waals surface area contributed by atoms with E-state index < -0.39 is 6.03 Å². The summed E-state index contributed by atoms with van der Waals surface area (Å²) >= 11 is 0. The van der Waals surface area contributed by atoms with Crippen LogP contribution in [0.4, 0.5) is 10.6 Å². The summed E-state index contributed by atoms with van der Waals surface area (Å²) in [6.45, 7) is 9.45. The van der Waals surface area contributed by atoms with Crippen LogP contribution in [-0.2, 0) is 16.0 Å². The third kappa shape index (κ3) is 10.1. The molecule has 0 radical (unpaired) electrons. The van der Waals surface area contributed by atoms with Gasteiger partial charge in [-0.25, -0.2) is 14.8 Å². The number of carbonyl (C=O) groups is 1. The molecule has 53 heavy (non-hydrogen) atoms. The highest BCUT2D eigenvalue weighted by Crippen LogP contribution is 2.38. The van der Waals surface area contributed by atoms with Gasteiger partial charge in [0.15, 0.2) is 12.1 Å². The average molecular weight is 727 g/mol. The van der Waals surface area contributed by atoms with Gasteiger partial charge in [-0.1, -0.05) is 45.0 Å². The Morgan fingerprint density at radius 2 is 1.85 bits per heavy atom. The Labute approximate surface area is 311 Å². The van der Waals surface area contributed by atoms with Crippen LogP contribution >= 0.6 is 0 Å². The minimum Gasteiger partial charge on any atom is -0.484 e. The molecule has 3 unspecified atom stereocenters. The Kier molecular flexibility index (Phi) is 12.3. The molecule has 3 aliphatic rings. The lowest BCUT2D eigenvalue weighted by atomic mass is 9.85. The number of urea groups is 1. The molecule has 6 rings (SSSR count). The van der Waals surface area contributed by atoms with Crippen molar-refractivity contribution in [3.05, 3.63) is 83.5 Å². The third-order valence-electron chi connectivity index (χ3n) is 9.87. The molecule has 0 saturated carbocycles. The van der Waals surface area contributed by atoms with E-state index in [0.29, 0.717) is 49.2 Å². The first kappa shape index (κ1) is 37.8. The molecule has 2 saturated heterocycles. The molecular weight excluding hydrogens is 672 g/mol. The normalized spacial score (nSPS) is 21.1. The Bertz CT molecular complexity index is 1850. The maximum absolute atomic E-state index is 13.6. The number of ether oxygens (including phenoxy) is 3. The molecule has 14 nitrogen and oxygen atoms in total. The van der Waals surface area contributed by atoms with Crippen LogP contribution in [0.25, 0.3) is 0 Å². The summed E-state index contributed by atoms with van der Waals surface area (Å²) in [4.78, 5) is 24.7. The molecule has 0 spiro atoms. The minimum absolute atomic E-state index is 0.154. The SMILES string of the molecule is CC(C)(C)/C(N)=C/C(=N/c1cn(CCOC2CCCCO2)cn1)NC(=O)NC1CCC(Oc2ccc(=N)n(C(=N)N3CCCCC3)c2)c2ccccc21. The number of rotatable bonds is 9. The highest BCUT2D eigenvalue weighted by molar-refractivity contribution is 6.05. The summed E-state index contributed by atoms with van der Waals surface area (Å²) in [5.41, 5.74) is 8.83. The van der Waals surface area contributed by atoms with Gasteiger partial charge < -0.3 is 34.7 Å². The van der Waals surface area contributed by atoms with Gasteiger partial charge in [0.2, 0.25) is 5.96 Å². The topological polar surface area (TPSA) is 181 Å². The number of carbonyl (C=O) groups excluding carboxylic acids is 1. The van der Waals surface area contributed by atoms with Crippen LogP contribution in [0.5, 0.6) is 5.75 Å². The van der Waals surface area contributed by atoms with Gasteiger partial charge >= 0.3 is 6.03 Å².